The van der Waals surface area contributed by atoms with Gasteiger partial charge in [-0.25, -0.2) is 9.97 Å². The van der Waals surface area contributed by atoms with Gasteiger partial charge in [0.15, 0.2) is 0 Å². The van der Waals surface area contributed by atoms with Crippen molar-refractivity contribution in [2.45, 2.75) is 20.3 Å². The predicted molar refractivity (Wildman–Crippen MR) is 72.2 cm³/mol. The lowest BCUT2D eigenvalue weighted by Gasteiger charge is -2.06. The molecule has 18 heavy (non-hydrogen) atoms. The topological polar surface area (TPSA) is 35.0 Å². The third-order valence-corrected chi connectivity index (χ3v) is 2.65. The van der Waals surface area contributed by atoms with E-state index in [4.69, 9.17) is 16.3 Å². The number of ether oxygens (including phenoxy) is 1. The Morgan fingerprint density at radius 1 is 1.17 bits per heavy atom. The van der Waals surface area contributed by atoms with Crippen LogP contribution in [0.3, 0.4) is 0 Å². The van der Waals surface area contributed by atoms with Gasteiger partial charge in [0.05, 0.1) is 6.61 Å². The summed E-state index contributed by atoms with van der Waals surface area (Å²) >= 11 is 5.87. The minimum Gasteiger partial charge on any atom is -0.493 e. The van der Waals surface area contributed by atoms with Crippen molar-refractivity contribution in [1.29, 1.82) is 0 Å². The Morgan fingerprint density at radius 3 is 2.72 bits per heavy atom. The summed E-state index contributed by atoms with van der Waals surface area (Å²) in [6, 6.07) is 9.70. The summed E-state index contributed by atoms with van der Waals surface area (Å²) in [6.45, 7) is 4.48. The predicted octanol–water partition coefficient (Wildman–Crippen LogP) is 3.37. The van der Waals surface area contributed by atoms with Crippen LogP contribution in [-0.2, 0) is 6.42 Å². The Balaban J connectivity index is 1.92. The molecule has 0 saturated heterocycles. The number of hydrogen-bond donors (Lipinski definition) is 0. The lowest BCUT2D eigenvalue weighted by atomic mass is 10.2. The molecule has 0 unspecified atom stereocenters. The zero-order valence-corrected chi connectivity index (χ0v) is 11.2. The molecular formula is C14H15ClN2O. The van der Waals surface area contributed by atoms with E-state index in [1.165, 1.54) is 5.56 Å². The van der Waals surface area contributed by atoms with Crippen LogP contribution in [0, 0.1) is 13.8 Å². The highest BCUT2D eigenvalue weighted by molar-refractivity contribution is 6.29. The molecule has 0 fully saturated rings. The first kappa shape index (κ1) is 12.8. The minimum atomic E-state index is 0.480. The summed E-state index contributed by atoms with van der Waals surface area (Å²) in [4.78, 5) is 8.46. The number of rotatable bonds is 4. The Kier molecular flexibility index (Phi) is 4.15. The lowest BCUT2D eigenvalue weighted by Crippen LogP contribution is -2.06. The number of aryl methyl sites for hydroxylation is 2. The number of benzene rings is 1. The van der Waals surface area contributed by atoms with E-state index in [1.54, 1.807) is 6.07 Å². The van der Waals surface area contributed by atoms with E-state index in [0.29, 0.717) is 24.0 Å². The van der Waals surface area contributed by atoms with Crippen LogP contribution in [0.1, 0.15) is 17.1 Å². The Labute approximate surface area is 112 Å². The van der Waals surface area contributed by atoms with Gasteiger partial charge in [0.1, 0.15) is 16.7 Å². The number of halogens is 1. The van der Waals surface area contributed by atoms with Gasteiger partial charge in [0, 0.05) is 12.1 Å². The molecule has 0 bridgehead atoms. The van der Waals surface area contributed by atoms with E-state index < -0.39 is 0 Å². The zero-order valence-electron chi connectivity index (χ0n) is 10.5. The summed E-state index contributed by atoms with van der Waals surface area (Å²) in [6.07, 6.45) is 0.648. The quantitative estimate of drug-likeness (QED) is 0.793. The van der Waals surface area contributed by atoms with E-state index in [2.05, 4.69) is 9.97 Å². The molecule has 1 aromatic carbocycles. The first-order valence-corrected chi connectivity index (χ1v) is 6.21. The van der Waals surface area contributed by atoms with Gasteiger partial charge >= 0.3 is 0 Å². The summed E-state index contributed by atoms with van der Waals surface area (Å²) in [5.41, 5.74) is 2.06. The van der Waals surface area contributed by atoms with Crippen molar-refractivity contribution in [2.24, 2.45) is 0 Å². The maximum atomic E-state index is 5.87. The molecular weight excluding hydrogens is 248 g/mol. The van der Waals surface area contributed by atoms with Gasteiger partial charge in [0.25, 0.3) is 0 Å². The largest absolute Gasteiger partial charge is 0.493 e. The second-order valence-electron chi connectivity index (χ2n) is 4.16. The Hall–Kier alpha value is -1.61. The van der Waals surface area contributed by atoms with Crippen molar-refractivity contribution in [3.05, 3.63) is 52.6 Å². The molecule has 0 amide bonds. The fraction of sp³-hybridized carbons (Fsp3) is 0.286. The average Bonchev–Trinajstić information content (AvgIpc) is 2.27. The van der Waals surface area contributed by atoms with Crippen molar-refractivity contribution in [1.82, 2.24) is 9.97 Å². The maximum absolute atomic E-state index is 5.87. The highest BCUT2D eigenvalue weighted by Gasteiger charge is 2.01. The van der Waals surface area contributed by atoms with Crippen LogP contribution in [0.4, 0.5) is 0 Å². The molecule has 4 heteroatoms. The van der Waals surface area contributed by atoms with Gasteiger partial charge in [-0.1, -0.05) is 23.7 Å². The van der Waals surface area contributed by atoms with Crippen LogP contribution in [0.2, 0.25) is 5.15 Å². The highest BCUT2D eigenvalue weighted by atomic mass is 35.5. The average molecular weight is 263 g/mol. The van der Waals surface area contributed by atoms with Crippen LogP contribution in [-0.4, -0.2) is 16.6 Å². The monoisotopic (exact) mass is 262 g/mol. The Bertz CT molecular complexity index is 523. The summed E-state index contributed by atoms with van der Waals surface area (Å²) in [5.74, 6) is 1.58. The lowest BCUT2D eigenvalue weighted by molar-refractivity contribution is 0.318. The molecule has 0 atom stereocenters. The van der Waals surface area contributed by atoms with Gasteiger partial charge < -0.3 is 4.74 Å². The molecule has 0 spiro atoms. The normalized spacial score (nSPS) is 10.4. The van der Waals surface area contributed by atoms with Crippen molar-refractivity contribution in [3.63, 3.8) is 0 Å². The SMILES string of the molecule is Cc1cccc(OCCc2nc(C)cc(Cl)n2)c1. The van der Waals surface area contributed by atoms with E-state index in [0.717, 1.165) is 11.4 Å². The van der Waals surface area contributed by atoms with Gasteiger partial charge in [-0.3, -0.25) is 0 Å². The minimum absolute atomic E-state index is 0.480. The van der Waals surface area contributed by atoms with Crippen LogP contribution in [0.15, 0.2) is 30.3 Å². The standard InChI is InChI=1S/C14H15ClN2O/c1-10-4-3-5-12(8-10)18-7-6-14-16-11(2)9-13(15)17-14/h3-5,8-9H,6-7H2,1-2H3. The number of aromatic nitrogens is 2. The summed E-state index contributed by atoms with van der Waals surface area (Å²) in [5, 5.41) is 0.480. The summed E-state index contributed by atoms with van der Waals surface area (Å²) < 4.78 is 5.65. The van der Waals surface area contributed by atoms with Crippen LogP contribution in [0.25, 0.3) is 0 Å². The second-order valence-corrected chi connectivity index (χ2v) is 4.55. The third kappa shape index (κ3) is 3.70. The smallest absolute Gasteiger partial charge is 0.133 e. The van der Waals surface area contributed by atoms with Gasteiger partial charge in [-0.2, -0.15) is 0 Å². The maximum Gasteiger partial charge on any atom is 0.133 e. The molecule has 0 aliphatic heterocycles. The van der Waals surface area contributed by atoms with Crippen molar-refractivity contribution in [2.75, 3.05) is 6.61 Å². The second kappa shape index (κ2) is 5.83. The fourth-order valence-corrected chi connectivity index (χ4v) is 1.92. The van der Waals surface area contributed by atoms with E-state index in [-0.39, 0.29) is 0 Å². The van der Waals surface area contributed by atoms with Gasteiger partial charge in [-0.05, 0) is 37.6 Å². The van der Waals surface area contributed by atoms with E-state index >= 15 is 0 Å². The fourth-order valence-electron chi connectivity index (χ4n) is 1.67. The van der Waals surface area contributed by atoms with E-state index in [9.17, 15) is 0 Å². The first-order chi connectivity index (χ1) is 8.63. The molecule has 94 valence electrons. The van der Waals surface area contributed by atoms with Gasteiger partial charge in [0.2, 0.25) is 0 Å². The molecule has 2 aromatic rings. The van der Waals surface area contributed by atoms with Crippen molar-refractivity contribution < 1.29 is 4.74 Å². The molecule has 0 aliphatic rings. The molecule has 1 heterocycles. The molecule has 0 N–H and O–H groups in total. The molecule has 0 radical (unpaired) electrons. The van der Waals surface area contributed by atoms with Crippen LogP contribution < -0.4 is 4.74 Å². The molecule has 1 aromatic heterocycles. The third-order valence-electron chi connectivity index (χ3n) is 2.45. The zero-order chi connectivity index (χ0) is 13.0. The number of hydrogen-bond acceptors (Lipinski definition) is 3. The van der Waals surface area contributed by atoms with Crippen LogP contribution in [0.5, 0.6) is 5.75 Å². The van der Waals surface area contributed by atoms with E-state index in [1.807, 2.05) is 38.1 Å². The first-order valence-electron chi connectivity index (χ1n) is 5.83. The molecule has 0 aliphatic carbocycles. The Morgan fingerprint density at radius 2 is 2.00 bits per heavy atom. The highest BCUT2D eigenvalue weighted by Crippen LogP contribution is 2.13. The van der Waals surface area contributed by atoms with Crippen LogP contribution >= 0.6 is 11.6 Å². The van der Waals surface area contributed by atoms with Crippen molar-refractivity contribution in [3.8, 4) is 5.75 Å². The number of nitrogens with zero attached hydrogens (tertiary/aromatic N) is 2. The van der Waals surface area contributed by atoms with Gasteiger partial charge in [-0.15, -0.1) is 0 Å². The molecule has 3 nitrogen and oxygen atoms in total. The molecule has 2 rings (SSSR count). The summed E-state index contributed by atoms with van der Waals surface area (Å²) in [7, 11) is 0. The molecule has 0 saturated carbocycles. The van der Waals surface area contributed by atoms with Crippen molar-refractivity contribution >= 4 is 11.6 Å².